The maximum atomic E-state index is 11.0. The lowest BCUT2D eigenvalue weighted by molar-refractivity contribution is -0.154. The zero-order valence-electron chi connectivity index (χ0n) is 13.4. The largest absolute Gasteiger partial charge is 0.393 e. The molecule has 21 heavy (non-hydrogen) atoms. The standard InChI is InChI=1S/C18H28N2O/c1-17-6-14-5-15(7-17)9-18(8-14,12-17)16(21)4-3-13-10-19-20(2)11-13/h10-11,14-16,21H,3-9,12H2,1-2H3. The second kappa shape index (κ2) is 4.58. The Bertz CT molecular complexity index is 521. The summed E-state index contributed by atoms with van der Waals surface area (Å²) in [6.45, 7) is 2.48. The van der Waals surface area contributed by atoms with Crippen molar-refractivity contribution >= 4 is 0 Å². The fraction of sp³-hybridized carbons (Fsp3) is 0.833. The van der Waals surface area contributed by atoms with Crippen LogP contribution in [0.2, 0.25) is 0 Å². The van der Waals surface area contributed by atoms with Gasteiger partial charge in [0.2, 0.25) is 0 Å². The molecule has 3 unspecified atom stereocenters. The molecule has 4 bridgehead atoms. The van der Waals surface area contributed by atoms with Gasteiger partial charge in [0.05, 0.1) is 12.3 Å². The molecule has 0 saturated heterocycles. The predicted octanol–water partition coefficient (Wildman–Crippen LogP) is 3.32. The molecule has 1 aromatic heterocycles. The molecule has 0 aromatic carbocycles. The smallest absolute Gasteiger partial charge is 0.0600 e. The van der Waals surface area contributed by atoms with Crippen LogP contribution in [0.15, 0.2) is 12.4 Å². The van der Waals surface area contributed by atoms with Crippen LogP contribution in [0.1, 0.15) is 57.4 Å². The molecule has 0 aliphatic heterocycles. The van der Waals surface area contributed by atoms with Crippen molar-refractivity contribution in [3.8, 4) is 0 Å². The lowest BCUT2D eigenvalue weighted by Crippen LogP contribution is -2.55. The molecule has 1 heterocycles. The Labute approximate surface area is 127 Å². The van der Waals surface area contributed by atoms with Gasteiger partial charge in [-0.3, -0.25) is 4.68 Å². The molecule has 4 fully saturated rings. The average molecular weight is 288 g/mol. The fourth-order valence-corrected chi connectivity index (χ4v) is 6.40. The summed E-state index contributed by atoms with van der Waals surface area (Å²) >= 11 is 0. The molecule has 3 nitrogen and oxygen atoms in total. The molecule has 0 amide bonds. The number of aromatic nitrogens is 2. The van der Waals surface area contributed by atoms with Gasteiger partial charge in [0, 0.05) is 13.2 Å². The number of nitrogens with zero attached hydrogens (tertiary/aromatic N) is 2. The van der Waals surface area contributed by atoms with Crippen LogP contribution < -0.4 is 0 Å². The fourth-order valence-electron chi connectivity index (χ4n) is 6.40. The summed E-state index contributed by atoms with van der Waals surface area (Å²) in [7, 11) is 1.96. The highest BCUT2D eigenvalue weighted by Crippen LogP contribution is 2.66. The molecule has 3 heteroatoms. The van der Waals surface area contributed by atoms with E-state index >= 15 is 0 Å². The van der Waals surface area contributed by atoms with E-state index in [4.69, 9.17) is 0 Å². The molecule has 4 saturated carbocycles. The minimum absolute atomic E-state index is 0.122. The lowest BCUT2D eigenvalue weighted by Gasteiger charge is -2.62. The molecular weight excluding hydrogens is 260 g/mol. The van der Waals surface area contributed by atoms with E-state index in [9.17, 15) is 5.11 Å². The van der Waals surface area contributed by atoms with Gasteiger partial charge in [0.25, 0.3) is 0 Å². The first-order valence-electron chi connectivity index (χ1n) is 8.62. The number of rotatable bonds is 4. The SMILES string of the molecule is Cn1cc(CCC(O)C23CC4CC(CC(C)(C4)C2)C3)cn1. The Morgan fingerprint density at radius 3 is 2.62 bits per heavy atom. The molecule has 1 N–H and O–H groups in total. The van der Waals surface area contributed by atoms with Crippen molar-refractivity contribution in [1.82, 2.24) is 9.78 Å². The molecule has 0 spiro atoms. The molecule has 4 aliphatic carbocycles. The molecule has 4 aliphatic rings. The lowest BCUT2D eigenvalue weighted by atomic mass is 9.43. The van der Waals surface area contributed by atoms with Crippen LogP contribution in [0, 0.1) is 22.7 Å². The van der Waals surface area contributed by atoms with Gasteiger partial charge in [-0.2, -0.15) is 5.10 Å². The molecular formula is C18H28N2O. The monoisotopic (exact) mass is 288 g/mol. The zero-order chi connectivity index (χ0) is 14.7. The average Bonchev–Trinajstić information content (AvgIpc) is 2.79. The minimum Gasteiger partial charge on any atom is -0.393 e. The molecule has 3 atom stereocenters. The van der Waals surface area contributed by atoms with Crippen molar-refractivity contribution in [3.63, 3.8) is 0 Å². The van der Waals surface area contributed by atoms with Gasteiger partial charge in [-0.1, -0.05) is 6.92 Å². The van der Waals surface area contributed by atoms with Crippen molar-refractivity contribution in [2.75, 3.05) is 0 Å². The first-order chi connectivity index (χ1) is 9.96. The third-order valence-electron chi connectivity index (χ3n) is 6.57. The normalized spacial score (nSPS) is 42.4. The molecule has 1 aromatic rings. The van der Waals surface area contributed by atoms with Gasteiger partial charge in [0.15, 0.2) is 0 Å². The van der Waals surface area contributed by atoms with E-state index in [1.807, 2.05) is 17.9 Å². The molecule has 116 valence electrons. The molecule has 5 rings (SSSR count). The summed E-state index contributed by atoms with van der Waals surface area (Å²) in [5.74, 6) is 1.79. The van der Waals surface area contributed by atoms with E-state index in [1.165, 1.54) is 44.1 Å². The van der Waals surface area contributed by atoms with Gasteiger partial charge in [-0.25, -0.2) is 0 Å². The van der Waals surface area contributed by atoms with Crippen LogP contribution in [-0.2, 0) is 13.5 Å². The van der Waals surface area contributed by atoms with E-state index in [0.29, 0.717) is 5.41 Å². The van der Waals surface area contributed by atoms with Crippen LogP contribution in [0.3, 0.4) is 0 Å². The van der Waals surface area contributed by atoms with E-state index in [1.54, 1.807) is 0 Å². The van der Waals surface area contributed by atoms with Gasteiger partial charge >= 0.3 is 0 Å². The number of aliphatic hydroxyl groups excluding tert-OH is 1. The second-order valence-corrected chi connectivity index (χ2v) is 8.71. The van der Waals surface area contributed by atoms with Crippen molar-refractivity contribution in [2.45, 2.75) is 64.4 Å². The summed E-state index contributed by atoms with van der Waals surface area (Å²) in [6.07, 6.45) is 13.9. The van der Waals surface area contributed by atoms with Crippen LogP contribution in [0.25, 0.3) is 0 Å². The quantitative estimate of drug-likeness (QED) is 0.923. The number of hydrogen-bond donors (Lipinski definition) is 1. The summed E-state index contributed by atoms with van der Waals surface area (Å²) < 4.78 is 1.85. The maximum absolute atomic E-state index is 11.0. The Hall–Kier alpha value is -0.830. The predicted molar refractivity (Wildman–Crippen MR) is 82.8 cm³/mol. The Morgan fingerprint density at radius 2 is 2.05 bits per heavy atom. The van der Waals surface area contributed by atoms with Gasteiger partial charge in [0.1, 0.15) is 0 Å². The first-order valence-corrected chi connectivity index (χ1v) is 8.62. The summed E-state index contributed by atoms with van der Waals surface area (Å²) in [4.78, 5) is 0. The van der Waals surface area contributed by atoms with Crippen molar-refractivity contribution in [1.29, 1.82) is 0 Å². The maximum Gasteiger partial charge on any atom is 0.0600 e. The Morgan fingerprint density at radius 1 is 1.33 bits per heavy atom. The van der Waals surface area contributed by atoms with Crippen LogP contribution in [0.4, 0.5) is 0 Å². The number of hydrogen-bond acceptors (Lipinski definition) is 2. The summed E-state index contributed by atoms with van der Waals surface area (Å²) in [5.41, 5.74) is 2.02. The van der Waals surface area contributed by atoms with Gasteiger partial charge in [-0.05, 0) is 79.6 Å². The Kier molecular flexibility index (Phi) is 3.01. The highest BCUT2D eigenvalue weighted by molar-refractivity contribution is 5.10. The van der Waals surface area contributed by atoms with E-state index in [2.05, 4.69) is 18.2 Å². The second-order valence-electron chi connectivity index (χ2n) is 8.71. The van der Waals surface area contributed by atoms with E-state index in [0.717, 1.165) is 24.7 Å². The van der Waals surface area contributed by atoms with Gasteiger partial charge < -0.3 is 5.11 Å². The van der Waals surface area contributed by atoms with Crippen LogP contribution >= 0.6 is 0 Å². The van der Waals surface area contributed by atoms with Crippen LogP contribution in [-0.4, -0.2) is 21.0 Å². The van der Waals surface area contributed by atoms with E-state index in [-0.39, 0.29) is 11.5 Å². The zero-order valence-corrected chi connectivity index (χ0v) is 13.4. The first kappa shape index (κ1) is 13.8. The Balaban J connectivity index is 1.47. The van der Waals surface area contributed by atoms with Crippen molar-refractivity contribution < 1.29 is 5.11 Å². The van der Waals surface area contributed by atoms with Crippen molar-refractivity contribution in [2.24, 2.45) is 29.7 Å². The minimum atomic E-state index is -0.122. The van der Waals surface area contributed by atoms with Crippen LogP contribution in [0.5, 0.6) is 0 Å². The summed E-state index contributed by atoms with van der Waals surface area (Å²) in [5, 5.41) is 15.2. The van der Waals surface area contributed by atoms with Crippen molar-refractivity contribution in [3.05, 3.63) is 18.0 Å². The number of aliphatic hydroxyl groups is 1. The van der Waals surface area contributed by atoms with E-state index < -0.39 is 0 Å². The third-order valence-corrected chi connectivity index (χ3v) is 6.57. The third kappa shape index (κ3) is 2.34. The highest BCUT2D eigenvalue weighted by Gasteiger charge is 2.57. The number of aryl methyl sites for hydroxylation is 2. The van der Waals surface area contributed by atoms with Gasteiger partial charge in [-0.15, -0.1) is 0 Å². The summed E-state index contributed by atoms with van der Waals surface area (Å²) in [6, 6.07) is 0. The topological polar surface area (TPSA) is 38.0 Å². The highest BCUT2D eigenvalue weighted by atomic mass is 16.3. The molecule has 0 radical (unpaired) electrons.